The maximum atomic E-state index is 12.2. The molecule has 0 aliphatic heterocycles. The Labute approximate surface area is 162 Å². The van der Waals surface area contributed by atoms with Crippen molar-refractivity contribution in [1.82, 2.24) is 5.32 Å². The molecule has 0 spiro atoms. The fourth-order valence-electron chi connectivity index (χ4n) is 1.89. The SMILES string of the molecule is Cc1ccc(C(=O)NCC(=O)c2c(Cl)cc(Cl)cc2Cl)cc1I. The molecule has 0 saturated heterocycles. The standard InChI is InChI=1S/C16H11Cl3INO2/c1-8-2-3-9(4-13(8)20)16(23)21-7-14(22)15-11(18)5-10(17)6-12(15)19/h2-6H,7H2,1H3,(H,21,23). The van der Waals surface area contributed by atoms with Crippen LogP contribution in [0.15, 0.2) is 30.3 Å². The molecule has 7 heteroatoms. The number of hydrogen-bond donors (Lipinski definition) is 1. The molecular formula is C16H11Cl3INO2. The van der Waals surface area contributed by atoms with E-state index in [0.717, 1.165) is 9.13 Å². The van der Waals surface area contributed by atoms with Gasteiger partial charge in [-0.25, -0.2) is 0 Å². The number of Topliss-reactive ketones (excluding diaryl/α,β-unsaturated/α-hetero) is 1. The molecule has 3 nitrogen and oxygen atoms in total. The summed E-state index contributed by atoms with van der Waals surface area (Å²) in [5.74, 6) is -0.718. The van der Waals surface area contributed by atoms with Crippen LogP contribution in [0.3, 0.4) is 0 Å². The number of amides is 1. The van der Waals surface area contributed by atoms with Crippen LogP contribution in [0.4, 0.5) is 0 Å². The van der Waals surface area contributed by atoms with Gasteiger partial charge in [-0.15, -0.1) is 0 Å². The molecule has 0 aromatic heterocycles. The molecule has 0 heterocycles. The lowest BCUT2D eigenvalue weighted by Crippen LogP contribution is -2.29. The highest BCUT2D eigenvalue weighted by Gasteiger charge is 2.17. The number of carbonyl (C=O) groups is 2. The normalized spacial score (nSPS) is 10.5. The molecule has 0 bridgehead atoms. The number of benzene rings is 2. The van der Waals surface area contributed by atoms with E-state index < -0.39 is 0 Å². The highest BCUT2D eigenvalue weighted by Crippen LogP contribution is 2.29. The number of nitrogens with one attached hydrogen (secondary N) is 1. The smallest absolute Gasteiger partial charge is 0.251 e. The second-order valence-electron chi connectivity index (χ2n) is 4.81. The van der Waals surface area contributed by atoms with Crippen LogP contribution < -0.4 is 5.32 Å². The number of halogens is 4. The summed E-state index contributed by atoms with van der Waals surface area (Å²) in [6, 6.07) is 8.20. The molecule has 120 valence electrons. The molecule has 0 unspecified atom stereocenters. The van der Waals surface area contributed by atoms with Crippen LogP contribution in [0.1, 0.15) is 26.3 Å². The van der Waals surface area contributed by atoms with Crippen molar-refractivity contribution in [3.63, 3.8) is 0 Å². The minimum Gasteiger partial charge on any atom is -0.345 e. The van der Waals surface area contributed by atoms with Crippen LogP contribution in [0.5, 0.6) is 0 Å². The third kappa shape index (κ3) is 4.59. The van der Waals surface area contributed by atoms with Gasteiger partial charge in [0.2, 0.25) is 0 Å². The maximum absolute atomic E-state index is 12.2. The summed E-state index contributed by atoms with van der Waals surface area (Å²) in [6.45, 7) is 1.75. The molecule has 2 aromatic rings. The van der Waals surface area contributed by atoms with Gasteiger partial charge in [-0.3, -0.25) is 9.59 Å². The van der Waals surface area contributed by atoms with E-state index in [4.69, 9.17) is 34.8 Å². The number of hydrogen-bond acceptors (Lipinski definition) is 2. The number of rotatable bonds is 4. The minimum absolute atomic E-state index is 0.150. The second kappa shape index (κ2) is 7.83. The minimum atomic E-state index is -0.383. The molecule has 0 radical (unpaired) electrons. The Hall–Kier alpha value is -0.820. The van der Waals surface area contributed by atoms with Gasteiger partial charge in [-0.2, -0.15) is 0 Å². The van der Waals surface area contributed by atoms with Crippen LogP contribution in [0.2, 0.25) is 15.1 Å². The van der Waals surface area contributed by atoms with Crippen molar-refractivity contribution in [2.75, 3.05) is 6.54 Å². The largest absolute Gasteiger partial charge is 0.345 e. The third-order valence-corrected chi connectivity index (χ3v) is 5.11. The number of ketones is 1. The van der Waals surface area contributed by atoms with Gasteiger partial charge in [-0.1, -0.05) is 40.9 Å². The molecule has 1 amide bonds. The molecule has 0 atom stereocenters. The highest BCUT2D eigenvalue weighted by atomic mass is 127. The Kier molecular flexibility index (Phi) is 6.31. The van der Waals surface area contributed by atoms with Gasteiger partial charge >= 0.3 is 0 Å². The summed E-state index contributed by atoms with van der Waals surface area (Å²) in [5.41, 5.74) is 1.72. The number of carbonyl (C=O) groups excluding carboxylic acids is 2. The van der Waals surface area contributed by atoms with E-state index in [1.165, 1.54) is 12.1 Å². The first-order valence-corrected chi connectivity index (χ1v) is 8.73. The van der Waals surface area contributed by atoms with Crippen molar-refractivity contribution in [2.24, 2.45) is 0 Å². The van der Waals surface area contributed by atoms with Crippen molar-refractivity contribution < 1.29 is 9.59 Å². The Morgan fingerprint density at radius 1 is 1.09 bits per heavy atom. The van der Waals surface area contributed by atoms with Crippen LogP contribution in [0.25, 0.3) is 0 Å². The quantitative estimate of drug-likeness (QED) is 0.483. The van der Waals surface area contributed by atoms with Crippen LogP contribution in [-0.4, -0.2) is 18.2 Å². The molecule has 0 saturated carbocycles. The van der Waals surface area contributed by atoms with Gasteiger partial charge in [0.1, 0.15) is 0 Å². The fourth-order valence-corrected chi connectivity index (χ4v) is 3.44. The first-order chi connectivity index (χ1) is 10.8. The van der Waals surface area contributed by atoms with E-state index >= 15 is 0 Å². The first kappa shape index (κ1) is 18.5. The zero-order valence-corrected chi connectivity index (χ0v) is 16.3. The average molecular weight is 483 g/mol. The predicted octanol–water partition coefficient (Wildman–Crippen LogP) is 5.17. The molecule has 0 aliphatic rings. The summed E-state index contributed by atoms with van der Waals surface area (Å²) in [6.07, 6.45) is 0. The van der Waals surface area contributed by atoms with E-state index in [1.807, 2.05) is 13.0 Å². The second-order valence-corrected chi connectivity index (χ2v) is 7.23. The molecule has 1 N–H and O–H groups in total. The third-order valence-electron chi connectivity index (χ3n) is 3.13. The summed E-state index contributed by atoms with van der Waals surface area (Å²) in [7, 11) is 0. The molecule has 2 rings (SSSR count). The average Bonchev–Trinajstić information content (AvgIpc) is 2.46. The van der Waals surface area contributed by atoms with Crippen molar-refractivity contribution in [1.29, 1.82) is 0 Å². The Morgan fingerprint density at radius 3 is 2.26 bits per heavy atom. The van der Waals surface area contributed by atoms with Crippen LogP contribution >= 0.6 is 57.4 Å². The van der Waals surface area contributed by atoms with Crippen molar-refractivity contribution in [3.8, 4) is 0 Å². The lowest BCUT2D eigenvalue weighted by atomic mass is 10.1. The van der Waals surface area contributed by atoms with Gasteiger partial charge in [0, 0.05) is 14.2 Å². The number of aryl methyl sites for hydroxylation is 1. The molecule has 0 fully saturated rings. The van der Waals surface area contributed by atoms with Crippen molar-refractivity contribution in [2.45, 2.75) is 6.92 Å². The lowest BCUT2D eigenvalue weighted by molar-refractivity contribution is 0.0904. The van der Waals surface area contributed by atoms with Gasteiger partial charge in [0.15, 0.2) is 5.78 Å². The zero-order chi connectivity index (χ0) is 17.1. The Bertz CT molecular complexity index is 770. The summed E-state index contributed by atoms with van der Waals surface area (Å²) >= 11 is 20.0. The maximum Gasteiger partial charge on any atom is 0.251 e. The first-order valence-electron chi connectivity index (χ1n) is 6.51. The van der Waals surface area contributed by atoms with E-state index in [-0.39, 0.29) is 33.8 Å². The fraction of sp³-hybridized carbons (Fsp3) is 0.125. The van der Waals surface area contributed by atoms with Gasteiger partial charge in [0.25, 0.3) is 5.91 Å². The summed E-state index contributed by atoms with van der Waals surface area (Å²) < 4.78 is 0.977. The topological polar surface area (TPSA) is 46.2 Å². The van der Waals surface area contributed by atoms with Crippen LogP contribution in [0, 0.1) is 10.5 Å². The molecule has 23 heavy (non-hydrogen) atoms. The van der Waals surface area contributed by atoms with Crippen LogP contribution in [-0.2, 0) is 0 Å². The highest BCUT2D eigenvalue weighted by molar-refractivity contribution is 14.1. The Morgan fingerprint density at radius 2 is 1.70 bits per heavy atom. The zero-order valence-electron chi connectivity index (χ0n) is 11.9. The monoisotopic (exact) mass is 481 g/mol. The van der Waals surface area contributed by atoms with Crippen molar-refractivity contribution in [3.05, 3.63) is 65.7 Å². The molecule has 0 aliphatic carbocycles. The molecule has 2 aromatic carbocycles. The van der Waals surface area contributed by atoms with E-state index in [2.05, 4.69) is 27.9 Å². The Balaban J connectivity index is 2.10. The van der Waals surface area contributed by atoms with E-state index in [0.29, 0.717) is 10.6 Å². The van der Waals surface area contributed by atoms with Gasteiger partial charge in [-0.05, 0) is 59.3 Å². The van der Waals surface area contributed by atoms with E-state index in [9.17, 15) is 9.59 Å². The summed E-state index contributed by atoms with van der Waals surface area (Å²) in [4.78, 5) is 24.3. The van der Waals surface area contributed by atoms with Crippen molar-refractivity contribution >= 4 is 69.1 Å². The lowest BCUT2D eigenvalue weighted by Gasteiger charge is -2.09. The van der Waals surface area contributed by atoms with Gasteiger partial charge < -0.3 is 5.32 Å². The predicted molar refractivity (Wildman–Crippen MR) is 102 cm³/mol. The summed E-state index contributed by atoms with van der Waals surface area (Å²) in [5, 5.41) is 3.23. The van der Waals surface area contributed by atoms with Gasteiger partial charge in [0.05, 0.1) is 22.2 Å². The molecular weight excluding hydrogens is 471 g/mol. The van der Waals surface area contributed by atoms with E-state index in [1.54, 1.807) is 12.1 Å².